The molecular formula is C31H39N3O7. The summed E-state index contributed by atoms with van der Waals surface area (Å²) in [4.78, 5) is 33.1. The van der Waals surface area contributed by atoms with Crippen molar-refractivity contribution in [3.05, 3.63) is 77.7 Å². The highest BCUT2D eigenvalue weighted by molar-refractivity contribution is 5.96. The number of morpholine rings is 1. The Kier molecular flexibility index (Phi) is 11.0. The number of hydrogen-bond donors (Lipinski definition) is 0. The number of carbonyl (C=O) groups is 2. The molecule has 2 heterocycles. The third kappa shape index (κ3) is 8.48. The molecule has 1 aliphatic rings. The normalized spacial score (nSPS) is 13.4. The molecule has 3 aromatic rings. The largest absolute Gasteiger partial charge is 0.497 e. The number of benzene rings is 2. The summed E-state index contributed by atoms with van der Waals surface area (Å²) < 4.78 is 27.2. The van der Waals surface area contributed by atoms with Gasteiger partial charge in [-0.15, -0.1) is 0 Å². The molecule has 1 aliphatic heterocycles. The lowest BCUT2D eigenvalue weighted by Gasteiger charge is -2.31. The van der Waals surface area contributed by atoms with Gasteiger partial charge in [-0.2, -0.15) is 0 Å². The van der Waals surface area contributed by atoms with Crippen LogP contribution in [-0.2, 0) is 22.5 Å². The van der Waals surface area contributed by atoms with Gasteiger partial charge in [-0.1, -0.05) is 12.1 Å². The van der Waals surface area contributed by atoms with Crippen molar-refractivity contribution in [3.8, 4) is 17.2 Å². The molecule has 0 unspecified atom stereocenters. The first-order chi connectivity index (χ1) is 20.0. The summed E-state index contributed by atoms with van der Waals surface area (Å²) in [6.07, 6.45) is 2.18. The van der Waals surface area contributed by atoms with Crippen molar-refractivity contribution < 1.29 is 33.0 Å². The first kappa shape index (κ1) is 30.0. The Morgan fingerprint density at radius 2 is 1.68 bits per heavy atom. The highest BCUT2D eigenvalue weighted by Gasteiger charge is 2.24. The molecule has 2 aromatic carbocycles. The molecule has 0 N–H and O–H groups in total. The molecule has 0 bridgehead atoms. The molecule has 41 heavy (non-hydrogen) atoms. The van der Waals surface area contributed by atoms with Crippen LogP contribution < -0.4 is 14.2 Å². The summed E-state index contributed by atoms with van der Waals surface area (Å²) >= 11 is 0. The van der Waals surface area contributed by atoms with Gasteiger partial charge in [-0.25, -0.2) is 0 Å². The Morgan fingerprint density at radius 1 is 0.878 bits per heavy atom. The van der Waals surface area contributed by atoms with Crippen LogP contribution in [0.4, 0.5) is 0 Å². The first-order valence-electron chi connectivity index (χ1n) is 13.7. The molecule has 0 radical (unpaired) electrons. The van der Waals surface area contributed by atoms with Gasteiger partial charge in [0.05, 0.1) is 47.4 Å². The fourth-order valence-corrected chi connectivity index (χ4v) is 4.72. The van der Waals surface area contributed by atoms with E-state index >= 15 is 0 Å². The summed E-state index contributed by atoms with van der Waals surface area (Å²) in [6.45, 7) is 4.64. The van der Waals surface area contributed by atoms with E-state index in [1.54, 1.807) is 67.7 Å². The quantitative estimate of drug-likeness (QED) is 0.294. The summed E-state index contributed by atoms with van der Waals surface area (Å²) in [7, 11) is 4.76. The van der Waals surface area contributed by atoms with Crippen molar-refractivity contribution in [1.82, 2.24) is 14.7 Å². The second-order valence-electron chi connectivity index (χ2n) is 9.75. The van der Waals surface area contributed by atoms with Crippen LogP contribution >= 0.6 is 0 Å². The predicted octanol–water partition coefficient (Wildman–Crippen LogP) is 3.35. The van der Waals surface area contributed by atoms with Crippen LogP contribution in [0.5, 0.6) is 17.2 Å². The van der Waals surface area contributed by atoms with E-state index in [4.69, 9.17) is 23.4 Å². The van der Waals surface area contributed by atoms with Gasteiger partial charge in [0, 0.05) is 38.3 Å². The Balaban J connectivity index is 1.51. The molecule has 1 saturated heterocycles. The summed E-state index contributed by atoms with van der Waals surface area (Å²) in [6, 6.07) is 16.4. The van der Waals surface area contributed by atoms with E-state index in [1.165, 1.54) is 0 Å². The molecule has 0 saturated carbocycles. The van der Waals surface area contributed by atoms with E-state index in [0.717, 1.165) is 18.7 Å². The molecule has 0 aliphatic carbocycles. The number of nitrogens with zero attached hydrogens (tertiary/aromatic N) is 3. The number of carbonyl (C=O) groups excluding carboxylic acids is 2. The van der Waals surface area contributed by atoms with Gasteiger partial charge in [-0.05, 0) is 54.4 Å². The van der Waals surface area contributed by atoms with Crippen molar-refractivity contribution in [2.24, 2.45) is 0 Å². The van der Waals surface area contributed by atoms with E-state index in [-0.39, 0.29) is 18.4 Å². The second kappa shape index (κ2) is 15.1. The smallest absolute Gasteiger partial charge is 0.254 e. The fourth-order valence-electron chi connectivity index (χ4n) is 4.72. The van der Waals surface area contributed by atoms with Gasteiger partial charge in [0.1, 0.15) is 18.1 Å². The Bertz CT molecular complexity index is 1260. The predicted molar refractivity (Wildman–Crippen MR) is 154 cm³/mol. The van der Waals surface area contributed by atoms with Crippen molar-refractivity contribution >= 4 is 11.8 Å². The van der Waals surface area contributed by atoms with Crippen molar-refractivity contribution in [1.29, 1.82) is 0 Å². The van der Waals surface area contributed by atoms with Gasteiger partial charge in [0.2, 0.25) is 5.91 Å². The number of hydrogen-bond acceptors (Lipinski definition) is 8. The lowest BCUT2D eigenvalue weighted by Crippen LogP contribution is -2.47. The third-order valence-electron chi connectivity index (χ3n) is 7.12. The number of methoxy groups -OCH3 is 3. The zero-order chi connectivity index (χ0) is 29.0. The van der Waals surface area contributed by atoms with Crippen LogP contribution in [-0.4, -0.2) is 100 Å². The molecule has 0 spiro atoms. The molecule has 1 fully saturated rings. The van der Waals surface area contributed by atoms with Crippen LogP contribution in [0.1, 0.15) is 21.7 Å². The Hall–Kier alpha value is -4.02. The molecule has 4 rings (SSSR count). The molecule has 1 aromatic heterocycles. The molecular weight excluding hydrogens is 526 g/mol. The van der Waals surface area contributed by atoms with Gasteiger partial charge in [0.25, 0.3) is 5.91 Å². The standard InChI is InChI=1S/C31H39N3O7/c1-37-26-7-4-6-25(21-26)31(36)34(14-13-32-15-18-40-19-16-32)23-30(35)33(22-27-8-5-17-41-27)12-11-24-9-10-28(38-2)29(20-24)39-3/h4-10,17,20-21H,11-16,18-19,22-23H2,1-3H3. The monoisotopic (exact) mass is 565 g/mol. The van der Waals surface area contributed by atoms with Gasteiger partial charge in [-0.3, -0.25) is 14.5 Å². The maximum Gasteiger partial charge on any atom is 0.254 e. The minimum atomic E-state index is -0.219. The molecule has 10 heteroatoms. The van der Waals surface area contributed by atoms with Crippen LogP contribution in [0, 0.1) is 0 Å². The van der Waals surface area contributed by atoms with Gasteiger partial charge < -0.3 is 33.2 Å². The zero-order valence-corrected chi connectivity index (χ0v) is 24.0. The van der Waals surface area contributed by atoms with Crippen molar-refractivity contribution in [2.45, 2.75) is 13.0 Å². The van der Waals surface area contributed by atoms with E-state index in [9.17, 15) is 9.59 Å². The third-order valence-corrected chi connectivity index (χ3v) is 7.12. The number of amides is 2. The summed E-state index contributed by atoms with van der Waals surface area (Å²) in [5, 5.41) is 0. The number of ether oxygens (including phenoxy) is 4. The highest BCUT2D eigenvalue weighted by Crippen LogP contribution is 2.28. The minimum Gasteiger partial charge on any atom is -0.497 e. The Labute approximate surface area is 241 Å². The molecule has 220 valence electrons. The van der Waals surface area contributed by atoms with Crippen LogP contribution in [0.15, 0.2) is 65.3 Å². The first-order valence-corrected chi connectivity index (χ1v) is 13.7. The maximum absolute atomic E-state index is 13.8. The highest BCUT2D eigenvalue weighted by atomic mass is 16.5. The maximum atomic E-state index is 13.8. The average molecular weight is 566 g/mol. The fraction of sp³-hybridized carbons (Fsp3) is 0.419. The SMILES string of the molecule is COc1cccc(C(=O)N(CCN2CCOCC2)CC(=O)N(CCc2ccc(OC)c(OC)c2)Cc2ccco2)c1. The second-order valence-corrected chi connectivity index (χ2v) is 9.75. The van der Waals surface area contributed by atoms with Crippen molar-refractivity contribution in [2.75, 3.05) is 73.8 Å². The van der Waals surface area contributed by atoms with Crippen LogP contribution in [0.3, 0.4) is 0 Å². The van der Waals surface area contributed by atoms with E-state index in [2.05, 4.69) is 4.90 Å². The topological polar surface area (TPSA) is 93.9 Å². The van der Waals surface area contributed by atoms with E-state index in [0.29, 0.717) is 74.4 Å². The molecule has 10 nitrogen and oxygen atoms in total. The van der Waals surface area contributed by atoms with E-state index in [1.807, 2.05) is 24.3 Å². The van der Waals surface area contributed by atoms with Crippen molar-refractivity contribution in [3.63, 3.8) is 0 Å². The van der Waals surface area contributed by atoms with E-state index < -0.39 is 0 Å². The lowest BCUT2D eigenvalue weighted by atomic mass is 10.1. The average Bonchev–Trinajstić information content (AvgIpc) is 3.54. The van der Waals surface area contributed by atoms with Gasteiger partial charge >= 0.3 is 0 Å². The van der Waals surface area contributed by atoms with Crippen LogP contribution in [0.25, 0.3) is 0 Å². The molecule has 2 amide bonds. The van der Waals surface area contributed by atoms with Crippen LogP contribution in [0.2, 0.25) is 0 Å². The Morgan fingerprint density at radius 3 is 2.39 bits per heavy atom. The zero-order valence-electron chi connectivity index (χ0n) is 24.0. The number of furan rings is 1. The number of rotatable bonds is 14. The minimum absolute atomic E-state index is 0.0625. The van der Waals surface area contributed by atoms with Gasteiger partial charge in [0.15, 0.2) is 11.5 Å². The summed E-state index contributed by atoms with van der Waals surface area (Å²) in [5.74, 6) is 2.15. The summed E-state index contributed by atoms with van der Waals surface area (Å²) in [5.41, 5.74) is 1.47. The molecule has 0 atom stereocenters. The lowest BCUT2D eigenvalue weighted by molar-refractivity contribution is -0.132.